The van der Waals surface area contributed by atoms with Crippen LogP contribution in [0.15, 0.2) is 115 Å². The predicted molar refractivity (Wildman–Crippen MR) is 202 cm³/mol. The second-order valence-electron chi connectivity index (χ2n) is 15.9. The van der Waals surface area contributed by atoms with Crippen LogP contribution in [0.3, 0.4) is 0 Å². The molecule has 47 heavy (non-hydrogen) atoms. The van der Waals surface area contributed by atoms with E-state index in [0.29, 0.717) is 5.92 Å². The summed E-state index contributed by atoms with van der Waals surface area (Å²) in [5.41, 5.74) is 12.3. The molecule has 9 rings (SSSR count). The van der Waals surface area contributed by atoms with Crippen LogP contribution in [-0.2, 0) is 10.8 Å². The van der Waals surface area contributed by atoms with Crippen molar-refractivity contribution in [3.05, 3.63) is 142 Å². The van der Waals surface area contributed by atoms with Crippen LogP contribution < -0.4 is 10.4 Å². The minimum Gasteiger partial charge on any atom is -0.332 e. The summed E-state index contributed by atoms with van der Waals surface area (Å²) in [5, 5.41) is 7.96. The first-order valence-corrected chi connectivity index (χ1v) is 17.1. The summed E-state index contributed by atoms with van der Waals surface area (Å²) in [6.45, 7) is 13.6. The van der Waals surface area contributed by atoms with Gasteiger partial charge >= 0.3 is 0 Å². The molecular weight excluding hydrogens is 567 g/mol. The van der Waals surface area contributed by atoms with Crippen molar-refractivity contribution in [1.29, 1.82) is 0 Å². The third kappa shape index (κ3) is 4.43. The molecule has 0 amide bonds. The van der Waals surface area contributed by atoms with E-state index in [4.69, 9.17) is 0 Å². The predicted octanol–water partition coefficient (Wildman–Crippen LogP) is 10.8. The van der Waals surface area contributed by atoms with E-state index < -0.39 is 0 Å². The minimum absolute atomic E-state index is 0.150. The number of nitrogens with zero attached hydrogens (tertiary/aromatic N) is 1. The first kappa shape index (κ1) is 28.4. The number of aromatic nitrogens is 1. The Labute approximate surface area is 277 Å². The van der Waals surface area contributed by atoms with Gasteiger partial charge in [0, 0.05) is 16.7 Å². The third-order valence-electron chi connectivity index (χ3n) is 10.8. The third-order valence-corrected chi connectivity index (χ3v) is 10.8. The molecule has 0 N–H and O–H groups in total. The zero-order valence-electron chi connectivity index (χ0n) is 28.2. The molecular formula is C46H41N. The fraction of sp³-hybridized carbons (Fsp3) is 0.217. The summed E-state index contributed by atoms with van der Waals surface area (Å²) in [4.78, 5) is 0. The van der Waals surface area contributed by atoms with Crippen LogP contribution in [0.5, 0.6) is 0 Å². The molecule has 2 heterocycles. The summed E-state index contributed by atoms with van der Waals surface area (Å²) in [6.07, 6.45) is 5.05. The van der Waals surface area contributed by atoms with Crippen LogP contribution in [0.2, 0.25) is 0 Å². The molecule has 0 spiro atoms. The lowest BCUT2D eigenvalue weighted by Crippen LogP contribution is -2.31. The highest BCUT2D eigenvalue weighted by Gasteiger charge is 2.35. The van der Waals surface area contributed by atoms with Gasteiger partial charge in [-0.15, -0.1) is 0 Å². The smallest absolute Gasteiger partial charge is 0.0636 e. The summed E-state index contributed by atoms with van der Waals surface area (Å²) in [5.74, 6) is 0.339. The fourth-order valence-electron chi connectivity index (χ4n) is 8.09. The van der Waals surface area contributed by atoms with Crippen molar-refractivity contribution < 1.29 is 0 Å². The van der Waals surface area contributed by atoms with Crippen molar-refractivity contribution >= 4 is 44.7 Å². The number of para-hydroxylation sites is 1. The van der Waals surface area contributed by atoms with E-state index in [2.05, 4.69) is 174 Å². The van der Waals surface area contributed by atoms with E-state index >= 15 is 0 Å². The van der Waals surface area contributed by atoms with E-state index in [9.17, 15) is 0 Å². The second kappa shape index (κ2) is 9.81. The Kier molecular flexibility index (Phi) is 5.92. The largest absolute Gasteiger partial charge is 0.332 e. The Hall–Kier alpha value is -4.88. The van der Waals surface area contributed by atoms with Gasteiger partial charge in [0.1, 0.15) is 0 Å². The molecule has 6 aromatic carbocycles. The van der Waals surface area contributed by atoms with Gasteiger partial charge in [-0.2, -0.15) is 0 Å². The van der Waals surface area contributed by atoms with Gasteiger partial charge in [-0.1, -0.05) is 145 Å². The minimum atomic E-state index is 0.150. The van der Waals surface area contributed by atoms with Gasteiger partial charge in [0.05, 0.1) is 17.1 Å². The summed E-state index contributed by atoms with van der Waals surface area (Å²) in [6, 6.07) is 44.3. The van der Waals surface area contributed by atoms with Crippen molar-refractivity contribution in [2.75, 3.05) is 0 Å². The molecule has 2 aliphatic rings. The Morgan fingerprint density at radius 1 is 0.489 bits per heavy atom. The standard InChI is InChI=1S/C46H41N/c1-45(2,3)36-18-14-28(15-19-36)30-10-12-32-24-40-38-8-7-9-39-41-25-33-13-11-31(29-16-20-37(21-17-29)46(4,5)6)23-35(33)27-43(41)47(44(38)39)42(40)26-34(32)22-30/h7-27,40,42H,1-6H3. The number of fused-ring (bicyclic) bond motifs is 8. The molecule has 0 radical (unpaired) electrons. The number of rotatable bonds is 2. The molecule has 2 atom stereocenters. The molecule has 230 valence electrons. The van der Waals surface area contributed by atoms with E-state index in [1.165, 1.54) is 82.0 Å². The van der Waals surface area contributed by atoms with E-state index in [1.807, 2.05) is 0 Å². The van der Waals surface area contributed by atoms with Gasteiger partial charge in [0.25, 0.3) is 0 Å². The maximum Gasteiger partial charge on any atom is 0.0636 e. The monoisotopic (exact) mass is 607 g/mol. The van der Waals surface area contributed by atoms with Gasteiger partial charge in [0.2, 0.25) is 0 Å². The van der Waals surface area contributed by atoms with E-state index in [1.54, 1.807) is 0 Å². The van der Waals surface area contributed by atoms with Crippen LogP contribution >= 0.6 is 0 Å². The number of benzene rings is 6. The molecule has 0 saturated heterocycles. The maximum absolute atomic E-state index is 2.64. The van der Waals surface area contributed by atoms with Crippen molar-refractivity contribution in [3.63, 3.8) is 0 Å². The topological polar surface area (TPSA) is 4.93 Å². The van der Waals surface area contributed by atoms with Crippen LogP contribution in [-0.4, -0.2) is 4.57 Å². The average Bonchev–Trinajstić information content (AvgIpc) is 3.56. The SMILES string of the molecule is CC(C)(C)c1ccc(-c2ccc3c(c2)=CC2C(C=3)c3cccc4c5cc6ccc(-c7ccc(C(C)(C)C)cc7)cc6cc5n2c34)cc1. The first-order chi connectivity index (χ1) is 22.5. The summed E-state index contributed by atoms with van der Waals surface area (Å²) in [7, 11) is 0. The van der Waals surface area contributed by atoms with Crippen molar-refractivity contribution in [2.24, 2.45) is 0 Å². The molecule has 1 aliphatic carbocycles. The molecule has 2 unspecified atom stereocenters. The molecule has 1 nitrogen and oxygen atoms in total. The van der Waals surface area contributed by atoms with Gasteiger partial charge in [-0.25, -0.2) is 0 Å². The van der Waals surface area contributed by atoms with Gasteiger partial charge in [-0.3, -0.25) is 0 Å². The van der Waals surface area contributed by atoms with Gasteiger partial charge in [0.15, 0.2) is 0 Å². The Morgan fingerprint density at radius 3 is 1.77 bits per heavy atom. The lowest BCUT2D eigenvalue weighted by molar-refractivity contribution is 0.590. The zero-order valence-corrected chi connectivity index (χ0v) is 28.2. The molecule has 0 fully saturated rings. The van der Waals surface area contributed by atoms with E-state index in [0.717, 1.165) is 0 Å². The van der Waals surface area contributed by atoms with Crippen LogP contribution in [0.4, 0.5) is 0 Å². The van der Waals surface area contributed by atoms with Crippen LogP contribution in [0.25, 0.3) is 67.0 Å². The molecule has 0 bridgehead atoms. The highest BCUT2D eigenvalue weighted by Crippen LogP contribution is 2.49. The summed E-state index contributed by atoms with van der Waals surface area (Å²) >= 11 is 0. The molecule has 0 saturated carbocycles. The lowest BCUT2D eigenvalue weighted by Gasteiger charge is -2.22. The maximum atomic E-state index is 2.64. The van der Waals surface area contributed by atoms with Crippen molar-refractivity contribution in [1.82, 2.24) is 4.57 Å². The Morgan fingerprint density at radius 2 is 1.11 bits per heavy atom. The number of hydrogen-bond acceptors (Lipinski definition) is 0. The first-order valence-electron chi connectivity index (χ1n) is 17.1. The fourth-order valence-corrected chi connectivity index (χ4v) is 8.09. The van der Waals surface area contributed by atoms with Crippen LogP contribution in [0, 0.1) is 0 Å². The highest BCUT2D eigenvalue weighted by molar-refractivity contribution is 6.15. The quantitative estimate of drug-likeness (QED) is 0.184. The van der Waals surface area contributed by atoms with Crippen molar-refractivity contribution in [2.45, 2.75) is 64.3 Å². The van der Waals surface area contributed by atoms with E-state index in [-0.39, 0.29) is 16.9 Å². The zero-order chi connectivity index (χ0) is 32.2. The molecule has 1 heteroatoms. The molecule has 7 aromatic rings. The molecule has 1 aliphatic heterocycles. The number of hydrogen-bond donors (Lipinski definition) is 0. The molecule has 1 aromatic heterocycles. The van der Waals surface area contributed by atoms with Gasteiger partial charge < -0.3 is 4.57 Å². The van der Waals surface area contributed by atoms with Gasteiger partial charge in [-0.05, 0) is 95.2 Å². The lowest BCUT2D eigenvalue weighted by atomic mass is 9.85. The normalized spacial score (nSPS) is 17.1. The van der Waals surface area contributed by atoms with Crippen LogP contribution in [0.1, 0.15) is 70.2 Å². The average molecular weight is 608 g/mol. The highest BCUT2D eigenvalue weighted by atomic mass is 15.0. The second-order valence-corrected chi connectivity index (χ2v) is 15.9. The Balaban J connectivity index is 1.17. The summed E-state index contributed by atoms with van der Waals surface area (Å²) < 4.78 is 2.64. The Bertz CT molecular complexity index is 2510. The van der Waals surface area contributed by atoms with Crippen molar-refractivity contribution in [3.8, 4) is 22.3 Å².